The van der Waals surface area contributed by atoms with Gasteiger partial charge in [0.25, 0.3) is 0 Å². The molecule has 0 saturated carbocycles. The van der Waals surface area contributed by atoms with Crippen LogP contribution in [0.4, 0.5) is 5.69 Å². The van der Waals surface area contributed by atoms with Crippen molar-refractivity contribution in [1.29, 1.82) is 0 Å². The molecule has 3 heteroatoms. The zero-order valence-corrected chi connectivity index (χ0v) is 13.7. The topological polar surface area (TPSA) is 32.3 Å². The number of hydrogen-bond donors (Lipinski definition) is 2. The quantitative estimate of drug-likeness (QED) is 0.869. The van der Waals surface area contributed by atoms with E-state index >= 15 is 0 Å². The van der Waals surface area contributed by atoms with Crippen LogP contribution >= 0.6 is 15.9 Å². The monoisotopic (exact) mass is 333 g/mol. The Hall–Kier alpha value is -1.32. The fourth-order valence-corrected chi connectivity index (χ4v) is 2.64. The van der Waals surface area contributed by atoms with Gasteiger partial charge in [0, 0.05) is 10.2 Å². The molecule has 2 aromatic rings. The second-order valence-corrected chi connectivity index (χ2v) is 6.36. The summed E-state index contributed by atoms with van der Waals surface area (Å²) < 4.78 is 1.04. The lowest BCUT2D eigenvalue weighted by Gasteiger charge is -2.32. The van der Waals surface area contributed by atoms with E-state index in [0.717, 1.165) is 15.7 Å². The van der Waals surface area contributed by atoms with Gasteiger partial charge >= 0.3 is 0 Å². The van der Waals surface area contributed by atoms with E-state index in [4.69, 9.17) is 0 Å². The summed E-state index contributed by atoms with van der Waals surface area (Å²) in [6, 6.07) is 14.3. The Morgan fingerprint density at radius 1 is 1.10 bits per heavy atom. The van der Waals surface area contributed by atoms with Crippen LogP contribution in [0.1, 0.15) is 23.6 Å². The van der Waals surface area contributed by atoms with Crippen LogP contribution in [0.25, 0.3) is 0 Å². The predicted molar refractivity (Wildman–Crippen MR) is 88.1 cm³/mol. The largest absolute Gasteiger partial charge is 0.394 e. The SMILES string of the molecule is Cc1ccc(C)c(C(C)(CO)Nc2ccc(Br)cc2)c1. The molecule has 1 unspecified atom stereocenters. The van der Waals surface area contributed by atoms with E-state index in [1.54, 1.807) is 0 Å². The number of benzene rings is 2. The third-order valence-electron chi connectivity index (χ3n) is 3.57. The lowest BCUT2D eigenvalue weighted by molar-refractivity contribution is 0.223. The number of nitrogens with one attached hydrogen (secondary N) is 1. The van der Waals surface area contributed by atoms with Crippen molar-refractivity contribution in [3.63, 3.8) is 0 Å². The molecule has 1 atom stereocenters. The van der Waals surface area contributed by atoms with E-state index in [1.807, 2.05) is 31.2 Å². The second kappa shape index (κ2) is 5.98. The second-order valence-electron chi connectivity index (χ2n) is 5.44. The average molecular weight is 334 g/mol. The van der Waals surface area contributed by atoms with Crippen LogP contribution in [0.3, 0.4) is 0 Å². The Morgan fingerprint density at radius 3 is 2.35 bits per heavy atom. The van der Waals surface area contributed by atoms with Crippen LogP contribution in [-0.4, -0.2) is 11.7 Å². The van der Waals surface area contributed by atoms with E-state index in [0.29, 0.717) is 0 Å². The number of anilines is 1. The highest BCUT2D eigenvalue weighted by atomic mass is 79.9. The molecule has 0 fully saturated rings. The maximum absolute atomic E-state index is 9.90. The van der Waals surface area contributed by atoms with Crippen LogP contribution in [0.2, 0.25) is 0 Å². The highest BCUT2D eigenvalue weighted by Gasteiger charge is 2.27. The Bertz CT molecular complexity index is 594. The van der Waals surface area contributed by atoms with Crippen molar-refractivity contribution >= 4 is 21.6 Å². The predicted octanol–water partition coefficient (Wildman–Crippen LogP) is 4.39. The van der Waals surface area contributed by atoms with Gasteiger partial charge in [-0.1, -0.05) is 39.7 Å². The first-order chi connectivity index (χ1) is 9.44. The van der Waals surface area contributed by atoms with E-state index in [9.17, 15) is 5.11 Å². The molecule has 2 aromatic carbocycles. The van der Waals surface area contributed by atoms with Gasteiger partial charge in [0.05, 0.1) is 12.1 Å². The fourth-order valence-electron chi connectivity index (χ4n) is 2.37. The molecule has 0 amide bonds. The molecule has 0 aliphatic heterocycles. The van der Waals surface area contributed by atoms with Gasteiger partial charge in [-0.25, -0.2) is 0 Å². The normalized spacial score (nSPS) is 13.8. The van der Waals surface area contributed by atoms with Gasteiger partial charge in [0.2, 0.25) is 0 Å². The van der Waals surface area contributed by atoms with Gasteiger partial charge in [-0.05, 0) is 56.2 Å². The van der Waals surface area contributed by atoms with Gasteiger partial charge in [0.15, 0.2) is 0 Å². The first-order valence-electron chi connectivity index (χ1n) is 6.67. The number of hydrogen-bond acceptors (Lipinski definition) is 2. The third-order valence-corrected chi connectivity index (χ3v) is 4.10. The summed E-state index contributed by atoms with van der Waals surface area (Å²) in [7, 11) is 0. The number of aryl methyl sites for hydroxylation is 2. The molecule has 2 nitrogen and oxygen atoms in total. The Morgan fingerprint density at radius 2 is 1.75 bits per heavy atom. The molecule has 0 spiro atoms. The van der Waals surface area contributed by atoms with Gasteiger partial charge in [-0.15, -0.1) is 0 Å². The maximum atomic E-state index is 9.90. The van der Waals surface area contributed by atoms with E-state index in [1.165, 1.54) is 11.1 Å². The van der Waals surface area contributed by atoms with Crippen LogP contribution in [-0.2, 0) is 5.54 Å². The lowest BCUT2D eigenvalue weighted by atomic mass is 9.87. The summed E-state index contributed by atoms with van der Waals surface area (Å²) in [6.07, 6.45) is 0. The van der Waals surface area contributed by atoms with E-state index < -0.39 is 5.54 Å². The minimum absolute atomic E-state index is 0.0351. The van der Waals surface area contributed by atoms with Crippen molar-refractivity contribution in [2.75, 3.05) is 11.9 Å². The van der Waals surface area contributed by atoms with Crippen molar-refractivity contribution in [3.8, 4) is 0 Å². The molecule has 106 valence electrons. The number of aliphatic hydroxyl groups excluding tert-OH is 1. The van der Waals surface area contributed by atoms with Gasteiger partial charge in [-0.3, -0.25) is 0 Å². The molecule has 0 aliphatic carbocycles. The number of halogens is 1. The zero-order chi connectivity index (χ0) is 14.8. The molecule has 0 aliphatic rings. The summed E-state index contributed by atoms with van der Waals surface area (Å²) in [5, 5.41) is 13.3. The molecule has 2 rings (SSSR count). The van der Waals surface area contributed by atoms with Crippen molar-refractivity contribution < 1.29 is 5.11 Å². The smallest absolute Gasteiger partial charge is 0.0830 e. The van der Waals surface area contributed by atoms with Crippen LogP contribution in [0.15, 0.2) is 46.9 Å². The lowest BCUT2D eigenvalue weighted by Crippen LogP contribution is -2.36. The Kier molecular flexibility index (Phi) is 4.51. The minimum atomic E-state index is -0.496. The van der Waals surface area contributed by atoms with Crippen molar-refractivity contribution in [1.82, 2.24) is 0 Å². The third kappa shape index (κ3) is 3.22. The Balaban J connectivity index is 2.37. The molecular weight excluding hydrogens is 314 g/mol. The summed E-state index contributed by atoms with van der Waals surface area (Å²) >= 11 is 3.43. The first-order valence-corrected chi connectivity index (χ1v) is 7.46. The van der Waals surface area contributed by atoms with Crippen LogP contribution < -0.4 is 5.32 Å². The molecule has 0 saturated heterocycles. The highest BCUT2D eigenvalue weighted by Crippen LogP contribution is 2.29. The number of rotatable bonds is 4. The minimum Gasteiger partial charge on any atom is -0.394 e. The van der Waals surface area contributed by atoms with Crippen molar-refractivity contribution in [3.05, 3.63) is 63.6 Å². The zero-order valence-electron chi connectivity index (χ0n) is 12.1. The summed E-state index contributed by atoms with van der Waals surface area (Å²) in [5.74, 6) is 0. The maximum Gasteiger partial charge on any atom is 0.0830 e. The van der Waals surface area contributed by atoms with Gasteiger partial charge < -0.3 is 10.4 Å². The van der Waals surface area contributed by atoms with Gasteiger partial charge in [-0.2, -0.15) is 0 Å². The molecule has 0 heterocycles. The van der Waals surface area contributed by atoms with Crippen LogP contribution in [0.5, 0.6) is 0 Å². The fraction of sp³-hybridized carbons (Fsp3) is 0.294. The average Bonchev–Trinajstić information content (AvgIpc) is 2.44. The molecule has 20 heavy (non-hydrogen) atoms. The van der Waals surface area contributed by atoms with Gasteiger partial charge in [0.1, 0.15) is 0 Å². The summed E-state index contributed by atoms with van der Waals surface area (Å²) in [6.45, 7) is 6.20. The molecule has 0 aromatic heterocycles. The molecular formula is C17H20BrNO. The van der Waals surface area contributed by atoms with Crippen LogP contribution in [0, 0.1) is 13.8 Å². The van der Waals surface area contributed by atoms with Crippen molar-refractivity contribution in [2.24, 2.45) is 0 Å². The standard InChI is InChI=1S/C17H20BrNO/c1-12-4-5-13(2)16(10-12)17(3,11-20)19-15-8-6-14(18)7-9-15/h4-10,19-20H,11H2,1-3H3. The van der Waals surface area contributed by atoms with Crippen molar-refractivity contribution in [2.45, 2.75) is 26.3 Å². The molecule has 0 bridgehead atoms. The molecule has 2 N–H and O–H groups in total. The first kappa shape index (κ1) is 15.1. The van der Waals surface area contributed by atoms with E-state index in [-0.39, 0.29) is 6.61 Å². The summed E-state index contributed by atoms with van der Waals surface area (Å²) in [5.41, 5.74) is 4.00. The molecule has 0 radical (unpaired) electrons. The number of aliphatic hydroxyl groups is 1. The van der Waals surface area contributed by atoms with E-state index in [2.05, 4.69) is 53.3 Å². The highest BCUT2D eigenvalue weighted by molar-refractivity contribution is 9.10. The summed E-state index contributed by atoms with van der Waals surface area (Å²) in [4.78, 5) is 0. The Labute approximate surface area is 129 Å².